The van der Waals surface area contributed by atoms with Crippen LogP contribution in [0.25, 0.3) is 0 Å². The summed E-state index contributed by atoms with van der Waals surface area (Å²) in [6, 6.07) is 3.70. The lowest BCUT2D eigenvalue weighted by molar-refractivity contribution is 0.635. The van der Waals surface area contributed by atoms with Crippen LogP contribution in [0.5, 0.6) is 0 Å². The first kappa shape index (κ1) is 10.3. The molecule has 0 fully saturated rings. The van der Waals surface area contributed by atoms with Crippen molar-refractivity contribution in [3.8, 4) is 0 Å². The van der Waals surface area contributed by atoms with E-state index in [0.717, 1.165) is 12.4 Å². The maximum atomic E-state index is 6.00. The molecule has 1 aromatic heterocycles. The van der Waals surface area contributed by atoms with E-state index in [1.807, 2.05) is 19.2 Å². The van der Waals surface area contributed by atoms with Crippen LogP contribution in [-0.2, 0) is 0 Å². The van der Waals surface area contributed by atoms with Crippen LogP contribution in [0.2, 0.25) is 5.02 Å². The van der Waals surface area contributed by atoms with E-state index >= 15 is 0 Å². The first-order valence-electron chi connectivity index (χ1n) is 4.43. The van der Waals surface area contributed by atoms with Gasteiger partial charge in [-0.25, -0.2) is 4.98 Å². The topological polar surface area (TPSA) is 16.1 Å². The fraction of sp³-hybridized carbons (Fsp3) is 0.500. The van der Waals surface area contributed by atoms with Crippen LogP contribution in [0.3, 0.4) is 0 Å². The van der Waals surface area contributed by atoms with Gasteiger partial charge in [-0.3, -0.25) is 0 Å². The van der Waals surface area contributed by atoms with E-state index in [1.54, 1.807) is 6.20 Å². The van der Waals surface area contributed by atoms with E-state index in [0.29, 0.717) is 10.9 Å². The Labute approximate surface area is 84.5 Å². The van der Waals surface area contributed by atoms with Gasteiger partial charge in [0.15, 0.2) is 0 Å². The maximum Gasteiger partial charge on any atom is 0.147 e. The number of aromatic nitrogens is 1. The Morgan fingerprint density at radius 3 is 2.77 bits per heavy atom. The summed E-state index contributed by atoms with van der Waals surface area (Å²) in [4.78, 5) is 6.30. The predicted molar refractivity (Wildman–Crippen MR) is 57.4 cm³/mol. The molecule has 1 aromatic rings. The molecule has 1 heterocycles. The van der Waals surface area contributed by atoms with Crippen molar-refractivity contribution in [1.29, 1.82) is 0 Å². The molecule has 0 aliphatic rings. The molecule has 1 rings (SSSR count). The third-order valence-corrected chi connectivity index (χ3v) is 2.03. The normalized spacial score (nSPS) is 10.5. The zero-order valence-corrected chi connectivity index (χ0v) is 9.04. The molecule has 0 aliphatic heterocycles. The van der Waals surface area contributed by atoms with Crippen molar-refractivity contribution in [3.63, 3.8) is 0 Å². The molecule has 0 unspecified atom stereocenters. The summed E-state index contributed by atoms with van der Waals surface area (Å²) in [5, 5.41) is 0.714. The number of nitrogens with zero attached hydrogens (tertiary/aromatic N) is 2. The third kappa shape index (κ3) is 2.88. The molecule has 13 heavy (non-hydrogen) atoms. The van der Waals surface area contributed by atoms with Gasteiger partial charge in [-0.2, -0.15) is 0 Å². The van der Waals surface area contributed by atoms with Crippen LogP contribution in [0.4, 0.5) is 5.82 Å². The molecule has 72 valence electrons. The molecule has 0 spiro atoms. The molecule has 0 saturated heterocycles. The van der Waals surface area contributed by atoms with Crippen molar-refractivity contribution >= 4 is 17.4 Å². The Bertz CT molecular complexity index is 273. The zero-order valence-electron chi connectivity index (χ0n) is 8.29. The lowest BCUT2D eigenvalue weighted by Crippen LogP contribution is -2.23. The van der Waals surface area contributed by atoms with Crippen molar-refractivity contribution in [2.45, 2.75) is 13.8 Å². The highest BCUT2D eigenvalue weighted by Gasteiger charge is 2.07. The molecule has 0 N–H and O–H groups in total. The average Bonchev–Trinajstić information content (AvgIpc) is 2.03. The Balaban J connectivity index is 2.76. The number of hydrogen-bond acceptors (Lipinski definition) is 2. The van der Waals surface area contributed by atoms with Gasteiger partial charge in [-0.1, -0.05) is 25.4 Å². The summed E-state index contributed by atoms with van der Waals surface area (Å²) in [5.74, 6) is 1.47. The van der Waals surface area contributed by atoms with Crippen LogP contribution in [0.1, 0.15) is 13.8 Å². The molecule has 0 saturated carbocycles. The average molecular weight is 199 g/mol. The molecule has 0 bridgehead atoms. The standard InChI is InChI=1S/C10H15ClN2/c1-8(2)7-13(3)10-9(11)5-4-6-12-10/h4-6,8H,7H2,1-3H3. The first-order valence-corrected chi connectivity index (χ1v) is 4.80. The van der Waals surface area contributed by atoms with Gasteiger partial charge in [-0.05, 0) is 18.1 Å². The molecule has 0 atom stereocenters. The lowest BCUT2D eigenvalue weighted by Gasteiger charge is -2.20. The number of hydrogen-bond donors (Lipinski definition) is 0. The smallest absolute Gasteiger partial charge is 0.147 e. The van der Waals surface area contributed by atoms with Crippen molar-refractivity contribution in [2.24, 2.45) is 5.92 Å². The number of rotatable bonds is 3. The van der Waals surface area contributed by atoms with E-state index in [-0.39, 0.29) is 0 Å². The minimum absolute atomic E-state index is 0.614. The van der Waals surface area contributed by atoms with Crippen LogP contribution >= 0.6 is 11.6 Å². The third-order valence-electron chi connectivity index (χ3n) is 1.74. The number of anilines is 1. The highest BCUT2D eigenvalue weighted by atomic mass is 35.5. The minimum atomic E-state index is 0.614. The van der Waals surface area contributed by atoms with E-state index in [9.17, 15) is 0 Å². The SMILES string of the molecule is CC(C)CN(C)c1ncccc1Cl. The quantitative estimate of drug-likeness (QED) is 0.743. The second-order valence-corrected chi connectivity index (χ2v) is 3.99. The predicted octanol–water partition coefficient (Wildman–Crippen LogP) is 2.83. The van der Waals surface area contributed by atoms with E-state index < -0.39 is 0 Å². The Morgan fingerprint density at radius 2 is 2.23 bits per heavy atom. The minimum Gasteiger partial charge on any atom is -0.358 e. The van der Waals surface area contributed by atoms with Gasteiger partial charge in [0.1, 0.15) is 5.82 Å². The second-order valence-electron chi connectivity index (χ2n) is 3.58. The zero-order chi connectivity index (χ0) is 9.84. The largest absolute Gasteiger partial charge is 0.358 e. The number of pyridine rings is 1. The van der Waals surface area contributed by atoms with E-state index in [2.05, 4.69) is 23.7 Å². The fourth-order valence-electron chi connectivity index (χ4n) is 1.29. The van der Waals surface area contributed by atoms with Crippen LogP contribution < -0.4 is 4.90 Å². The highest BCUT2D eigenvalue weighted by Crippen LogP contribution is 2.21. The van der Waals surface area contributed by atoms with Gasteiger partial charge >= 0.3 is 0 Å². The molecular formula is C10H15ClN2. The van der Waals surface area contributed by atoms with Gasteiger partial charge in [-0.15, -0.1) is 0 Å². The molecule has 0 radical (unpaired) electrons. The van der Waals surface area contributed by atoms with Gasteiger partial charge in [0.25, 0.3) is 0 Å². The highest BCUT2D eigenvalue weighted by molar-refractivity contribution is 6.32. The monoisotopic (exact) mass is 198 g/mol. The fourth-order valence-corrected chi connectivity index (χ4v) is 1.56. The van der Waals surface area contributed by atoms with Gasteiger partial charge in [0.2, 0.25) is 0 Å². The number of halogens is 1. The van der Waals surface area contributed by atoms with E-state index in [1.165, 1.54) is 0 Å². The first-order chi connectivity index (χ1) is 6.11. The van der Waals surface area contributed by atoms with Crippen molar-refractivity contribution in [1.82, 2.24) is 4.98 Å². The summed E-state index contributed by atoms with van der Waals surface area (Å²) in [5.41, 5.74) is 0. The summed E-state index contributed by atoms with van der Waals surface area (Å²) in [6.45, 7) is 5.32. The van der Waals surface area contributed by atoms with Crippen LogP contribution in [-0.4, -0.2) is 18.6 Å². The van der Waals surface area contributed by atoms with Crippen molar-refractivity contribution < 1.29 is 0 Å². The summed E-state index contributed by atoms with van der Waals surface area (Å²) >= 11 is 6.00. The molecule has 0 aliphatic carbocycles. The van der Waals surface area contributed by atoms with Gasteiger partial charge in [0.05, 0.1) is 5.02 Å². The summed E-state index contributed by atoms with van der Waals surface area (Å²) in [6.07, 6.45) is 1.76. The van der Waals surface area contributed by atoms with Crippen molar-refractivity contribution in [2.75, 3.05) is 18.5 Å². The second kappa shape index (κ2) is 4.47. The maximum absolute atomic E-state index is 6.00. The molecule has 3 heteroatoms. The molecule has 0 amide bonds. The molecule has 0 aromatic carbocycles. The van der Waals surface area contributed by atoms with Gasteiger partial charge in [0, 0.05) is 19.8 Å². The molecule has 2 nitrogen and oxygen atoms in total. The van der Waals surface area contributed by atoms with Crippen LogP contribution in [0.15, 0.2) is 18.3 Å². The van der Waals surface area contributed by atoms with Crippen molar-refractivity contribution in [3.05, 3.63) is 23.4 Å². The van der Waals surface area contributed by atoms with Crippen LogP contribution in [0, 0.1) is 5.92 Å². The summed E-state index contributed by atoms with van der Waals surface area (Å²) in [7, 11) is 2.01. The Hall–Kier alpha value is -0.760. The lowest BCUT2D eigenvalue weighted by atomic mass is 10.2. The summed E-state index contributed by atoms with van der Waals surface area (Å²) < 4.78 is 0. The molecular weight excluding hydrogens is 184 g/mol. The Kier molecular flexibility index (Phi) is 3.55. The van der Waals surface area contributed by atoms with Gasteiger partial charge < -0.3 is 4.90 Å². The Morgan fingerprint density at radius 1 is 1.54 bits per heavy atom. The van der Waals surface area contributed by atoms with E-state index in [4.69, 9.17) is 11.6 Å².